The summed E-state index contributed by atoms with van der Waals surface area (Å²) in [6, 6.07) is 57.1. The van der Waals surface area contributed by atoms with Crippen LogP contribution in [0.1, 0.15) is 0 Å². The first-order valence-corrected chi connectivity index (χ1v) is 15.4. The lowest BCUT2D eigenvalue weighted by atomic mass is 10.0. The molecule has 43 heavy (non-hydrogen) atoms. The fraction of sp³-hybridized carbons (Fsp3) is 0. The topological polar surface area (TPSA) is 8.17 Å². The monoisotopic (exact) mass is 566 g/mol. The molecule has 2 aromatic heterocycles. The van der Waals surface area contributed by atoms with Crippen LogP contribution in [0.2, 0.25) is 0 Å². The number of fused-ring (bicyclic) bond motifs is 7. The van der Waals surface area contributed by atoms with Crippen molar-refractivity contribution in [1.82, 2.24) is 4.57 Å². The summed E-state index contributed by atoms with van der Waals surface area (Å²) in [6.45, 7) is 0. The van der Waals surface area contributed by atoms with Gasteiger partial charge in [0, 0.05) is 47.7 Å². The van der Waals surface area contributed by atoms with Crippen LogP contribution in [0.4, 0.5) is 17.1 Å². The molecule has 0 aliphatic rings. The quantitative estimate of drug-likeness (QED) is 0.206. The summed E-state index contributed by atoms with van der Waals surface area (Å²) in [5.74, 6) is 0. The molecule has 202 valence electrons. The Morgan fingerprint density at radius 3 is 1.86 bits per heavy atom. The number of benzene rings is 7. The summed E-state index contributed by atoms with van der Waals surface area (Å²) in [6.07, 6.45) is 0. The van der Waals surface area contributed by atoms with Gasteiger partial charge in [-0.1, -0.05) is 103 Å². The van der Waals surface area contributed by atoms with E-state index in [9.17, 15) is 0 Å². The zero-order chi connectivity index (χ0) is 28.3. The molecular weight excluding hydrogens is 541 g/mol. The van der Waals surface area contributed by atoms with E-state index in [1.807, 2.05) is 11.3 Å². The predicted octanol–water partition coefficient (Wildman–Crippen LogP) is 11.8. The van der Waals surface area contributed by atoms with E-state index in [4.69, 9.17) is 0 Å². The molecule has 9 aromatic rings. The lowest BCUT2D eigenvalue weighted by Crippen LogP contribution is -2.10. The Hall–Kier alpha value is -5.38. The van der Waals surface area contributed by atoms with Crippen LogP contribution < -0.4 is 4.90 Å². The number of anilines is 3. The Kier molecular flexibility index (Phi) is 5.40. The van der Waals surface area contributed by atoms with Crippen LogP contribution in [-0.2, 0) is 0 Å². The standard InChI is InChI=1S/C40H26N2S/c1-2-14-28(15-3-1)41(34-21-10-13-27-12-4-5-16-30(27)34)37-22-11-23-38-40(37)33-25-24-29(26-39(33)43-38)42-35-19-8-6-17-31(35)32-18-7-9-20-36(32)42/h1-26H. The molecule has 0 aliphatic heterocycles. The van der Waals surface area contributed by atoms with E-state index in [1.54, 1.807) is 0 Å². The molecule has 0 bridgehead atoms. The second kappa shape index (κ2) is 9.59. The van der Waals surface area contributed by atoms with E-state index in [0.717, 1.165) is 5.69 Å². The highest BCUT2D eigenvalue weighted by molar-refractivity contribution is 7.26. The van der Waals surface area contributed by atoms with Crippen molar-refractivity contribution in [2.24, 2.45) is 0 Å². The van der Waals surface area contributed by atoms with Gasteiger partial charge in [-0.2, -0.15) is 0 Å². The van der Waals surface area contributed by atoms with Gasteiger partial charge < -0.3 is 9.47 Å². The summed E-state index contributed by atoms with van der Waals surface area (Å²) in [4.78, 5) is 2.43. The van der Waals surface area contributed by atoms with Crippen LogP contribution in [0.3, 0.4) is 0 Å². The van der Waals surface area contributed by atoms with Crippen molar-refractivity contribution in [2.75, 3.05) is 4.90 Å². The SMILES string of the molecule is c1ccc(N(c2cccc3ccccc23)c2cccc3sc4cc(-n5c6ccccc6c6ccccc65)ccc4c23)cc1. The van der Waals surface area contributed by atoms with Gasteiger partial charge in [0.05, 0.1) is 22.4 Å². The number of hydrogen-bond donors (Lipinski definition) is 0. The highest BCUT2D eigenvalue weighted by Crippen LogP contribution is 2.46. The lowest BCUT2D eigenvalue weighted by Gasteiger charge is -2.27. The Balaban J connectivity index is 1.30. The molecule has 0 saturated heterocycles. The molecule has 0 fully saturated rings. The fourth-order valence-electron chi connectivity index (χ4n) is 6.71. The third-order valence-electron chi connectivity index (χ3n) is 8.56. The average molecular weight is 567 g/mol. The van der Waals surface area contributed by atoms with Crippen LogP contribution in [0.5, 0.6) is 0 Å². The predicted molar refractivity (Wildman–Crippen MR) is 186 cm³/mol. The molecule has 0 radical (unpaired) electrons. The van der Waals surface area contributed by atoms with Crippen molar-refractivity contribution in [3.8, 4) is 5.69 Å². The maximum Gasteiger partial charge on any atom is 0.0555 e. The van der Waals surface area contributed by atoms with E-state index in [1.165, 1.54) is 69.8 Å². The van der Waals surface area contributed by atoms with Gasteiger partial charge in [-0.25, -0.2) is 0 Å². The maximum atomic E-state index is 2.43. The smallest absolute Gasteiger partial charge is 0.0555 e. The second-order valence-corrected chi connectivity index (χ2v) is 12.1. The molecule has 0 atom stereocenters. The third-order valence-corrected chi connectivity index (χ3v) is 9.68. The minimum atomic E-state index is 1.15. The second-order valence-electron chi connectivity index (χ2n) is 11.0. The minimum Gasteiger partial charge on any atom is -0.309 e. The minimum absolute atomic E-state index is 1.15. The molecule has 0 N–H and O–H groups in total. The number of thiophene rings is 1. The van der Waals surface area contributed by atoms with E-state index >= 15 is 0 Å². The molecule has 7 aromatic carbocycles. The first-order valence-electron chi connectivity index (χ1n) is 14.6. The largest absolute Gasteiger partial charge is 0.309 e. The Morgan fingerprint density at radius 1 is 0.442 bits per heavy atom. The zero-order valence-electron chi connectivity index (χ0n) is 23.3. The van der Waals surface area contributed by atoms with Gasteiger partial charge >= 0.3 is 0 Å². The number of aromatic nitrogens is 1. The Labute approximate surface area is 253 Å². The molecule has 0 spiro atoms. The van der Waals surface area contributed by atoms with Gasteiger partial charge in [-0.3, -0.25) is 0 Å². The number of rotatable bonds is 4. The van der Waals surface area contributed by atoms with Gasteiger partial charge in [0.15, 0.2) is 0 Å². The lowest BCUT2D eigenvalue weighted by molar-refractivity contribution is 1.19. The van der Waals surface area contributed by atoms with Crippen molar-refractivity contribution < 1.29 is 0 Å². The average Bonchev–Trinajstić information content (AvgIpc) is 3.61. The Morgan fingerprint density at radius 2 is 1.07 bits per heavy atom. The van der Waals surface area contributed by atoms with Crippen molar-refractivity contribution in [3.63, 3.8) is 0 Å². The van der Waals surface area contributed by atoms with Gasteiger partial charge in [-0.05, 0) is 60.0 Å². The van der Waals surface area contributed by atoms with Crippen molar-refractivity contribution in [3.05, 3.63) is 158 Å². The molecule has 3 heteroatoms. The van der Waals surface area contributed by atoms with Crippen LogP contribution in [-0.4, -0.2) is 4.57 Å². The first kappa shape index (κ1) is 24.2. The summed E-state index contributed by atoms with van der Waals surface area (Å²) in [5, 5.41) is 7.60. The molecule has 2 nitrogen and oxygen atoms in total. The van der Waals surface area contributed by atoms with Crippen LogP contribution in [0.15, 0.2) is 158 Å². The molecule has 0 amide bonds. The summed E-state index contributed by atoms with van der Waals surface area (Å²) in [7, 11) is 0. The van der Waals surface area contributed by atoms with Crippen molar-refractivity contribution in [2.45, 2.75) is 0 Å². The maximum absolute atomic E-state index is 2.43. The summed E-state index contributed by atoms with van der Waals surface area (Å²) >= 11 is 1.87. The van der Waals surface area contributed by atoms with E-state index < -0.39 is 0 Å². The van der Waals surface area contributed by atoms with E-state index in [2.05, 4.69) is 167 Å². The van der Waals surface area contributed by atoms with E-state index in [-0.39, 0.29) is 0 Å². The Bertz CT molecular complexity index is 2410. The highest BCUT2D eigenvalue weighted by Gasteiger charge is 2.20. The summed E-state index contributed by atoms with van der Waals surface area (Å²) in [5.41, 5.74) is 7.17. The molecular formula is C40H26N2S. The van der Waals surface area contributed by atoms with E-state index in [0.29, 0.717) is 0 Å². The van der Waals surface area contributed by atoms with Gasteiger partial charge in [-0.15, -0.1) is 11.3 Å². The van der Waals surface area contributed by atoms with Gasteiger partial charge in [0.1, 0.15) is 0 Å². The van der Waals surface area contributed by atoms with Gasteiger partial charge in [0.25, 0.3) is 0 Å². The zero-order valence-corrected chi connectivity index (χ0v) is 24.1. The van der Waals surface area contributed by atoms with Gasteiger partial charge in [0.2, 0.25) is 0 Å². The number of para-hydroxylation sites is 3. The molecule has 0 unspecified atom stereocenters. The summed E-state index contributed by atoms with van der Waals surface area (Å²) < 4.78 is 4.97. The molecule has 9 rings (SSSR count). The highest BCUT2D eigenvalue weighted by atomic mass is 32.1. The van der Waals surface area contributed by atoms with Crippen molar-refractivity contribution >= 4 is 81.1 Å². The first-order chi connectivity index (χ1) is 21.3. The molecule has 0 saturated carbocycles. The van der Waals surface area contributed by atoms with Crippen molar-refractivity contribution in [1.29, 1.82) is 0 Å². The fourth-order valence-corrected chi connectivity index (χ4v) is 7.87. The number of nitrogens with zero attached hydrogens (tertiary/aromatic N) is 2. The number of hydrogen-bond acceptors (Lipinski definition) is 2. The molecule has 2 heterocycles. The molecule has 0 aliphatic carbocycles. The van der Waals surface area contributed by atoms with Crippen LogP contribution in [0.25, 0.3) is 58.4 Å². The third kappa shape index (κ3) is 3.72. The normalized spacial score (nSPS) is 11.7. The van der Waals surface area contributed by atoms with Crippen LogP contribution in [0, 0.1) is 0 Å². The van der Waals surface area contributed by atoms with Crippen LogP contribution >= 0.6 is 11.3 Å².